The van der Waals surface area contributed by atoms with Crippen molar-refractivity contribution < 1.29 is 19.1 Å². The van der Waals surface area contributed by atoms with Gasteiger partial charge in [0.05, 0.1) is 12.0 Å². The number of carbonyl (C=O) groups excluding carboxylic acids is 3. The maximum Gasteiger partial charge on any atom is 0.325 e. The number of aryl methyl sites for hydroxylation is 1. The molecule has 1 heterocycles. The van der Waals surface area contributed by atoms with E-state index in [1.165, 1.54) is 23.3 Å². The van der Waals surface area contributed by atoms with Crippen molar-refractivity contribution in [2.45, 2.75) is 39.7 Å². The molecule has 0 saturated heterocycles. The fraction of sp³-hybridized carbons (Fsp3) is 0.533. The lowest BCUT2D eigenvalue weighted by Crippen LogP contribution is -2.41. The minimum atomic E-state index is -0.461. The van der Waals surface area contributed by atoms with Crippen LogP contribution < -0.4 is 0 Å². The molecule has 116 valence electrons. The largest absolute Gasteiger partial charge is 0.468 e. The van der Waals surface area contributed by atoms with Crippen LogP contribution in [0.4, 0.5) is 0 Å². The number of nitrogens with zero attached hydrogens (tertiary/aromatic N) is 1. The standard InChI is InChI=1S/C15H21NO4S/c1-10(2)16(9-15(19)20-4)14(18)8-6-12(17)13-7-5-11(3)21-13/h5,7,10H,6,8-9H2,1-4H3. The fourth-order valence-electron chi connectivity index (χ4n) is 1.83. The third-order valence-electron chi connectivity index (χ3n) is 3.05. The van der Waals surface area contributed by atoms with Crippen LogP contribution in [0.5, 0.6) is 0 Å². The second-order valence-electron chi connectivity index (χ2n) is 5.02. The van der Waals surface area contributed by atoms with Gasteiger partial charge < -0.3 is 9.64 Å². The van der Waals surface area contributed by atoms with Crippen molar-refractivity contribution in [3.8, 4) is 0 Å². The van der Waals surface area contributed by atoms with Gasteiger partial charge >= 0.3 is 5.97 Å². The van der Waals surface area contributed by atoms with Gasteiger partial charge in [0.2, 0.25) is 5.91 Å². The van der Waals surface area contributed by atoms with Crippen LogP contribution in [0.2, 0.25) is 0 Å². The summed E-state index contributed by atoms with van der Waals surface area (Å²) in [5, 5.41) is 0. The van der Waals surface area contributed by atoms with Crippen molar-refractivity contribution in [1.29, 1.82) is 0 Å². The molecule has 0 bridgehead atoms. The highest BCUT2D eigenvalue weighted by Crippen LogP contribution is 2.18. The van der Waals surface area contributed by atoms with Crippen molar-refractivity contribution in [2.75, 3.05) is 13.7 Å². The maximum absolute atomic E-state index is 12.1. The third-order valence-corrected chi connectivity index (χ3v) is 4.09. The number of ketones is 1. The molecule has 0 aromatic carbocycles. The van der Waals surface area contributed by atoms with Gasteiger partial charge in [0.25, 0.3) is 0 Å². The van der Waals surface area contributed by atoms with E-state index in [-0.39, 0.29) is 37.1 Å². The zero-order chi connectivity index (χ0) is 16.0. The van der Waals surface area contributed by atoms with E-state index in [1.807, 2.05) is 26.8 Å². The number of amides is 1. The predicted molar refractivity (Wildman–Crippen MR) is 81.5 cm³/mol. The molecule has 0 aliphatic rings. The molecule has 1 aromatic rings. The van der Waals surface area contributed by atoms with Crippen molar-refractivity contribution in [1.82, 2.24) is 4.90 Å². The molecule has 1 rings (SSSR count). The first-order valence-corrected chi connectivity index (χ1v) is 7.62. The van der Waals surface area contributed by atoms with Crippen LogP contribution in [0.25, 0.3) is 0 Å². The molecular weight excluding hydrogens is 290 g/mol. The van der Waals surface area contributed by atoms with Gasteiger partial charge in [-0.15, -0.1) is 11.3 Å². The van der Waals surface area contributed by atoms with E-state index < -0.39 is 5.97 Å². The summed E-state index contributed by atoms with van der Waals surface area (Å²) in [4.78, 5) is 38.6. The average Bonchev–Trinajstić information content (AvgIpc) is 2.87. The first-order chi connectivity index (χ1) is 9.85. The minimum absolute atomic E-state index is 0.0387. The molecule has 6 heteroatoms. The molecule has 1 amide bonds. The highest BCUT2D eigenvalue weighted by Gasteiger charge is 2.21. The Hall–Kier alpha value is -1.69. The van der Waals surface area contributed by atoms with Gasteiger partial charge in [-0.3, -0.25) is 14.4 Å². The smallest absolute Gasteiger partial charge is 0.325 e. The topological polar surface area (TPSA) is 63.7 Å². The van der Waals surface area contributed by atoms with Crippen LogP contribution in [0.1, 0.15) is 41.2 Å². The molecule has 5 nitrogen and oxygen atoms in total. The van der Waals surface area contributed by atoms with E-state index >= 15 is 0 Å². The molecule has 1 aromatic heterocycles. The Morgan fingerprint density at radius 2 is 1.90 bits per heavy atom. The van der Waals surface area contributed by atoms with Crippen molar-refractivity contribution in [2.24, 2.45) is 0 Å². The Kier molecular flexibility index (Phi) is 6.55. The molecule has 0 aliphatic carbocycles. The van der Waals surface area contributed by atoms with Gasteiger partial charge in [-0.25, -0.2) is 0 Å². The van der Waals surface area contributed by atoms with Gasteiger partial charge in [0.15, 0.2) is 5.78 Å². The van der Waals surface area contributed by atoms with Crippen LogP contribution in [0, 0.1) is 6.92 Å². The number of thiophene rings is 1. The summed E-state index contributed by atoms with van der Waals surface area (Å²) in [5.74, 6) is -0.711. The van der Waals surface area contributed by atoms with Crippen LogP contribution in [0.15, 0.2) is 12.1 Å². The summed E-state index contributed by atoms with van der Waals surface area (Å²) < 4.78 is 4.58. The van der Waals surface area contributed by atoms with E-state index in [1.54, 1.807) is 6.07 Å². The Labute approximate surface area is 128 Å². The van der Waals surface area contributed by atoms with E-state index in [4.69, 9.17) is 0 Å². The first-order valence-electron chi connectivity index (χ1n) is 6.81. The van der Waals surface area contributed by atoms with Crippen molar-refractivity contribution in [3.63, 3.8) is 0 Å². The molecule has 0 radical (unpaired) electrons. The highest BCUT2D eigenvalue weighted by atomic mass is 32.1. The van der Waals surface area contributed by atoms with E-state index in [0.29, 0.717) is 4.88 Å². The van der Waals surface area contributed by atoms with Crippen LogP contribution in [-0.4, -0.2) is 42.3 Å². The summed E-state index contributed by atoms with van der Waals surface area (Å²) >= 11 is 1.43. The number of carbonyl (C=O) groups is 3. The Morgan fingerprint density at radius 3 is 2.38 bits per heavy atom. The molecule has 0 atom stereocenters. The van der Waals surface area contributed by atoms with Gasteiger partial charge in [0.1, 0.15) is 6.54 Å². The maximum atomic E-state index is 12.1. The minimum Gasteiger partial charge on any atom is -0.468 e. The SMILES string of the molecule is COC(=O)CN(C(=O)CCC(=O)c1ccc(C)s1)C(C)C. The van der Waals surface area contributed by atoms with Gasteiger partial charge in [0, 0.05) is 23.8 Å². The normalized spacial score (nSPS) is 10.5. The van der Waals surface area contributed by atoms with Gasteiger partial charge in [-0.1, -0.05) is 0 Å². The molecule has 0 spiro atoms. The van der Waals surface area contributed by atoms with Gasteiger partial charge in [-0.05, 0) is 32.9 Å². The Bertz CT molecular complexity index is 521. The summed E-state index contributed by atoms with van der Waals surface area (Å²) in [6, 6.07) is 3.55. The van der Waals surface area contributed by atoms with E-state index in [2.05, 4.69) is 4.74 Å². The molecule has 0 saturated carbocycles. The Morgan fingerprint density at radius 1 is 1.24 bits per heavy atom. The lowest BCUT2D eigenvalue weighted by atomic mass is 10.1. The van der Waals surface area contributed by atoms with Crippen LogP contribution >= 0.6 is 11.3 Å². The van der Waals surface area contributed by atoms with Crippen molar-refractivity contribution >= 4 is 29.0 Å². The molecule has 0 N–H and O–H groups in total. The number of ether oxygens (including phenoxy) is 1. The Balaban J connectivity index is 2.57. The second kappa shape index (κ2) is 7.93. The number of hydrogen-bond donors (Lipinski definition) is 0. The summed E-state index contributed by atoms with van der Waals surface area (Å²) in [6.07, 6.45) is 0.258. The number of hydrogen-bond acceptors (Lipinski definition) is 5. The molecule has 21 heavy (non-hydrogen) atoms. The quantitative estimate of drug-likeness (QED) is 0.573. The lowest BCUT2D eigenvalue weighted by Gasteiger charge is -2.25. The van der Waals surface area contributed by atoms with Crippen LogP contribution in [-0.2, 0) is 14.3 Å². The molecule has 0 unspecified atom stereocenters. The van der Waals surface area contributed by atoms with Crippen LogP contribution in [0.3, 0.4) is 0 Å². The highest BCUT2D eigenvalue weighted by molar-refractivity contribution is 7.14. The first kappa shape index (κ1) is 17.4. The number of rotatable bonds is 7. The lowest BCUT2D eigenvalue weighted by molar-refractivity contribution is -0.148. The second-order valence-corrected chi connectivity index (χ2v) is 6.31. The third kappa shape index (κ3) is 5.30. The summed E-state index contributed by atoms with van der Waals surface area (Å²) in [7, 11) is 1.29. The number of methoxy groups -OCH3 is 1. The molecule has 0 aliphatic heterocycles. The van der Waals surface area contributed by atoms with Crippen molar-refractivity contribution in [3.05, 3.63) is 21.9 Å². The predicted octanol–water partition coefficient (Wildman–Crippen LogP) is 2.43. The van der Waals surface area contributed by atoms with E-state index in [0.717, 1.165) is 4.88 Å². The fourth-order valence-corrected chi connectivity index (χ4v) is 2.67. The summed E-state index contributed by atoms with van der Waals surface area (Å²) in [5.41, 5.74) is 0. The average molecular weight is 311 g/mol. The zero-order valence-electron chi connectivity index (χ0n) is 12.8. The summed E-state index contributed by atoms with van der Waals surface area (Å²) in [6.45, 7) is 5.50. The monoisotopic (exact) mass is 311 g/mol. The zero-order valence-corrected chi connectivity index (χ0v) is 13.7. The molecular formula is C15H21NO4S. The van der Waals surface area contributed by atoms with Gasteiger partial charge in [-0.2, -0.15) is 0 Å². The van der Waals surface area contributed by atoms with E-state index in [9.17, 15) is 14.4 Å². The number of Topliss-reactive ketones (excluding diaryl/α,β-unsaturated/α-hetero) is 1. The number of esters is 1. The molecule has 0 fully saturated rings.